The highest BCUT2D eigenvalue weighted by Crippen LogP contribution is 2.25. The monoisotopic (exact) mass is 512 g/mol. The van der Waals surface area contributed by atoms with Gasteiger partial charge in [-0.2, -0.15) is 4.80 Å². The Morgan fingerprint density at radius 3 is 2.68 bits per heavy atom. The number of esters is 1. The van der Waals surface area contributed by atoms with Gasteiger partial charge in [0.05, 0.1) is 18.4 Å². The highest BCUT2D eigenvalue weighted by molar-refractivity contribution is 5.90. The molecule has 1 N–H and O–H groups in total. The first kappa shape index (κ1) is 26.0. The quantitative estimate of drug-likeness (QED) is 0.410. The van der Waals surface area contributed by atoms with Gasteiger partial charge in [0.2, 0.25) is 11.7 Å². The van der Waals surface area contributed by atoms with Crippen molar-refractivity contribution in [3.05, 3.63) is 54.2 Å². The molecule has 0 radical (unpaired) electrons. The lowest BCUT2D eigenvalue weighted by Crippen LogP contribution is -2.49. The summed E-state index contributed by atoms with van der Waals surface area (Å²) in [5.41, 5.74) is 0.130. The van der Waals surface area contributed by atoms with Crippen LogP contribution in [0.4, 0.5) is 4.39 Å². The first-order chi connectivity index (χ1) is 18.0. The average molecular weight is 513 g/mol. The van der Waals surface area contributed by atoms with E-state index in [0.29, 0.717) is 0 Å². The fourth-order valence-corrected chi connectivity index (χ4v) is 4.34. The third kappa shape index (κ3) is 6.57. The molecule has 0 spiro atoms. The normalized spacial score (nSPS) is 14.6. The van der Waals surface area contributed by atoms with Gasteiger partial charge in [-0.3, -0.25) is 14.4 Å². The fourth-order valence-electron chi connectivity index (χ4n) is 4.34. The topological polar surface area (TPSA) is 132 Å². The zero-order chi connectivity index (χ0) is 26.2. The molecular formula is C25H29FN6O5. The van der Waals surface area contributed by atoms with Crippen LogP contribution in [0.25, 0.3) is 11.4 Å². The van der Waals surface area contributed by atoms with Crippen LogP contribution >= 0.6 is 0 Å². The minimum Gasteiger partial charge on any atom is -0.467 e. The van der Waals surface area contributed by atoms with E-state index in [1.807, 2.05) is 0 Å². The van der Waals surface area contributed by atoms with E-state index < -0.39 is 42.7 Å². The lowest BCUT2D eigenvalue weighted by Gasteiger charge is -2.31. The van der Waals surface area contributed by atoms with E-state index in [4.69, 9.17) is 9.15 Å². The van der Waals surface area contributed by atoms with Gasteiger partial charge in [0.25, 0.3) is 5.91 Å². The predicted molar refractivity (Wildman–Crippen MR) is 128 cm³/mol. The van der Waals surface area contributed by atoms with Crippen LogP contribution in [0.2, 0.25) is 0 Å². The number of rotatable bonds is 10. The van der Waals surface area contributed by atoms with E-state index in [2.05, 4.69) is 20.7 Å². The average Bonchev–Trinajstić information content (AvgIpc) is 3.57. The molecule has 196 valence electrons. The first-order valence-corrected chi connectivity index (χ1v) is 12.3. The summed E-state index contributed by atoms with van der Waals surface area (Å²) in [6, 6.07) is 7.85. The largest absolute Gasteiger partial charge is 0.467 e. The molecule has 1 saturated carbocycles. The van der Waals surface area contributed by atoms with Gasteiger partial charge in [0, 0.05) is 6.04 Å². The SMILES string of the molecule is CCOC(=O)CN(C(=O)Cn1nnc(-c2ccccc2F)n1)[C@@H](C(=O)NC1CCCCC1)c1ccco1. The number of carbonyl (C=O) groups is 3. The molecule has 1 aliphatic carbocycles. The summed E-state index contributed by atoms with van der Waals surface area (Å²) in [5.74, 6) is -2.13. The lowest BCUT2D eigenvalue weighted by molar-refractivity contribution is -0.153. The second-order valence-electron chi connectivity index (χ2n) is 8.71. The second-order valence-corrected chi connectivity index (χ2v) is 8.71. The number of nitrogens with one attached hydrogen (secondary N) is 1. The molecule has 37 heavy (non-hydrogen) atoms. The molecule has 1 atom stereocenters. The van der Waals surface area contributed by atoms with Gasteiger partial charge in [-0.1, -0.05) is 31.4 Å². The van der Waals surface area contributed by atoms with E-state index in [-0.39, 0.29) is 29.8 Å². The molecule has 0 aliphatic heterocycles. The van der Waals surface area contributed by atoms with Gasteiger partial charge in [-0.25, -0.2) is 4.39 Å². The van der Waals surface area contributed by atoms with Crippen LogP contribution in [-0.2, 0) is 25.7 Å². The van der Waals surface area contributed by atoms with E-state index in [0.717, 1.165) is 41.8 Å². The van der Waals surface area contributed by atoms with Crippen LogP contribution in [0.1, 0.15) is 50.8 Å². The Labute approximate surface area is 213 Å². The number of benzene rings is 1. The molecule has 1 aliphatic rings. The van der Waals surface area contributed by atoms with E-state index in [1.165, 1.54) is 24.5 Å². The first-order valence-electron chi connectivity index (χ1n) is 12.3. The van der Waals surface area contributed by atoms with Crippen molar-refractivity contribution < 1.29 is 27.9 Å². The summed E-state index contributed by atoms with van der Waals surface area (Å²) in [7, 11) is 0. The molecule has 2 aromatic heterocycles. The summed E-state index contributed by atoms with van der Waals surface area (Å²) >= 11 is 0. The van der Waals surface area contributed by atoms with Crippen molar-refractivity contribution in [1.82, 2.24) is 30.4 Å². The smallest absolute Gasteiger partial charge is 0.325 e. The Balaban J connectivity index is 1.59. The third-order valence-corrected chi connectivity index (χ3v) is 6.09. The summed E-state index contributed by atoms with van der Waals surface area (Å²) in [6.45, 7) is 0.810. The molecule has 0 bridgehead atoms. The summed E-state index contributed by atoms with van der Waals surface area (Å²) in [5, 5.41) is 14.8. The Morgan fingerprint density at radius 2 is 1.97 bits per heavy atom. The Hall–Kier alpha value is -4.09. The van der Waals surface area contributed by atoms with Crippen LogP contribution < -0.4 is 5.32 Å². The number of nitrogens with zero attached hydrogens (tertiary/aromatic N) is 5. The van der Waals surface area contributed by atoms with E-state index >= 15 is 0 Å². The highest BCUT2D eigenvalue weighted by atomic mass is 19.1. The number of amides is 2. The fraction of sp³-hybridized carbons (Fsp3) is 0.440. The van der Waals surface area contributed by atoms with E-state index in [1.54, 1.807) is 25.1 Å². The standard InChI is InChI=1S/C25H29FN6O5/c1-2-36-22(34)16-31(21(33)15-32-29-24(28-30-32)18-11-6-7-12-19(18)26)23(20-13-8-14-37-20)25(35)27-17-9-4-3-5-10-17/h6-8,11-14,17,23H,2-5,9-10,15-16H2,1H3,(H,27,35)/t23-/m1/s1. The van der Waals surface area contributed by atoms with Crippen molar-refractivity contribution in [2.45, 2.75) is 57.7 Å². The van der Waals surface area contributed by atoms with Gasteiger partial charge in [-0.05, 0) is 49.2 Å². The zero-order valence-electron chi connectivity index (χ0n) is 20.5. The number of aromatic nitrogens is 4. The van der Waals surface area contributed by atoms with Gasteiger partial charge in [0.15, 0.2) is 6.04 Å². The lowest BCUT2D eigenvalue weighted by atomic mass is 9.95. The number of hydrogen-bond acceptors (Lipinski definition) is 8. The third-order valence-electron chi connectivity index (χ3n) is 6.09. The number of furan rings is 1. The van der Waals surface area contributed by atoms with Crippen molar-refractivity contribution in [1.29, 1.82) is 0 Å². The summed E-state index contributed by atoms with van der Waals surface area (Å²) in [6.07, 6.45) is 6.19. The van der Waals surface area contributed by atoms with Crippen LogP contribution in [0.15, 0.2) is 47.1 Å². The van der Waals surface area contributed by atoms with Crippen molar-refractivity contribution in [2.24, 2.45) is 0 Å². The Bertz CT molecular complexity index is 1210. The number of hydrogen-bond donors (Lipinski definition) is 1. The predicted octanol–water partition coefficient (Wildman–Crippen LogP) is 2.65. The van der Waals surface area contributed by atoms with Crippen LogP contribution in [0, 0.1) is 5.82 Å². The summed E-state index contributed by atoms with van der Waals surface area (Å²) < 4.78 is 24.7. The van der Waals surface area contributed by atoms with Gasteiger partial charge < -0.3 is 19.4 Å². The molecule has 12 heteroatoms. The number of carbonyl (C=O) groups excluding carboxylic acids is 3. The maximum absolute atomic E-state index is 14.1. The molecule has 3 aromatic rings. The maximum atomic E-state index is 14.1. The van der Waals surface area contributed by atoms with Gasteiger partial charge >= 0.3 is 5.97 Å². The number of tetrazole rings is 1. The molecule has 4 rings (SSSR count). The molecule has 0 unspecified atom stereocenters. The van der Waals surface area contributed by atoms with Gasteiger partial charge in [0.1, 0.15) is 24.7 Å². The molecular weight excluding hydrogens is 483 g/mol. The highest BCUT2D eigenvalue weighted by Gasteiger charge is 2.36. The molecule has 0 saturated heterocycles. The van der Waals surface area contributed by atoms with E-state index in [9.17, 15) is 18.8 Å². The minimum absolute atomic E-state index is 0.000434. The van der Waals surface area contributed by atoms with Crippen LogP contribution in [0.5, 0.6) is 0 Å². The number of halogens is 1. The molecule has 2 heterocycles. The molecule has 11 nitrogen and oxygen atoms in total. The zero-order valence-corrected chi connectivity index (χ0v) is 20.5. The van der Waals surface area contributed by atoms with Crippen molar-refractivity contribution >= 4 is 17.8 Å². The Morgan fingerprint density at radius 1 is 1.19 bits per heavy atom. The minimum atomic E-state index is -1.22. The van der Waals surface area contributed by atoms with Crippen molar-refractivity contribution in [2.75, 3.05) is 13.2 Å². The second kappa shape index (κ2) is 12.2. The Kier molecular flexibility index (Phi) is 8.60. The molecule has 1 fully saturated rings. The van der Waals surface area contributed by atoms with Crippen LogP contribution in [0.3, 0.4) is 0 Å². The van der Waals surface area contributed by atoms with Crippen molar-refractivity contribution in [3.8, 4) is 11.4 Å². The van der Waals surface area contributed by atoms with Crippen molar-refractivity contribution in [3.63, 3.8) is 0 Å². The summed E-state index contributed by atoms with van der Waals surface area (Å²) in [4.78, 5) is 41.5. The maximum Gasteiger partial charge on any atom is 0.325 e. The van der Waals surface area contributed by atoms with Crippen LogP contribution in [-0.4, -0.2) is 62.1 Å². The van der Waals surface area contributed by atoms with Gasteiger partial charge in [-0.15, -0.1) is 10.2 Å². The molecule has 2 amide bonds. The molecule has 1 aromatic carbocycles. The number of ether oxygens (including phenoxy) is 1.